The molecular formula is C30H44FN7O9. The first-order valence-corrected chi connectivity index (χ1v) is 15.4. The lowest BCUT2D eigenvalue weighted by Gasteiger charge is -2.32. The van der Waals surface area contributed by atoms with Crippen molar-refractivity contribution in [3.8, 4) is 0 Å². The summed E-state index contributed by atoms with van der Waals surface area (Å²) < 4.78 is 14.8. The van der Waals surface area contributed by atoms with E-state index in [9.17, 15) is 43.1 Å². The van der Waals surface area contributed by atoms with Crippen molar-refractivity contribution in [3.05, 3.63) is 24.3 Å². The molecule has 17 heteroatoms. The van der Waals surface area contributed by atoms with E-state index in [1.165, 1.54) is 18.6 Å². The van der Waals surface area contributed by atoms with Gasteiger partial charge in [-0.3, -0.25) is 38.5 Å². The van der Waals surface area contributed by atoms with Gasteiger partial charge in [0.25, 0.3) is 11.8 Å². The molecule has 6 N–H and O–H groups in total. The number of hydrogen-bond acceptors (Lipinski definition) is 10. The van der Waals surface area contributed by atoms with E-state index in [1.807, 2.05) is 5.32 Å². The topological polar surface area (TPSA) is 237 Å². The summed E-state index contributed by atoms with van der Waals surface area (Å²) >= 11 is 0. The molecule has 47 heavy (non-hydrogen) atoms. The zero-order valence-electron chi connectivity index (χ0n) is 27.2. The van der Waals surface area contributed by atoms with E-state index in [-0.39, 0.29) is 25.1 Å². The summed E-state index contributed by atoms with van der Waals surface area (Å²) in [7, 11) is 0. The van der Waals surface area contributed by atoms with Crippen molar-refractivity contribution >= 4 is 41.3 Å². The Morgan fingerprint density at radius 1 is 0.936 bits per heavy atom. The molecule has 1 aromatic heterocycles. The number of alkyl halides is 1. The van der Waals surface area contributed by atoms with Gasteiger partial charge in [0.1, 0.15) is 29.9 Å². The fourth-order valence-electron chi connectivity index (χ4n) is 4.90. The van der Waals surface area contributed by atoms with Crippen LogP contribution in [0.15, 0.2) is 18.6 Å². The van der Waals surface area contributed by atoms with Crippen LogP contribution in [-0.2, 0) is 28.8 Å². The molecule has 0 bridgehead atoms. The van der Waals surface area contributed by atoms with Crippen LogP contribution in [-0.4, -0.2) is 115 Å². The first-order valence-electron chi connectivity index (χ1n) is 15.4. The number of carbonyl (C=O) groups excluding carboxylic acids is 6. The van der Waals surface area contributed by atoms with Crippen molar-refractivity contribution in [2.24, 2.45) is 11.8 Å². The summed E-state index contributed by atoms with van der Waals surface area (Å²) in [5.74, 6) is -8.07. The molecule has 0 aromatic carbocycles. The molecule has 16 nitrogen and oxygen atoms in total. The van der Waals surface area contributed by atoms with Gasteiger partial charge >= 0.3 is 5.97 Å². The highest BCUT2D eigenvalue weighted by Gasteiger charge is 2.44. The normalized spacial score (nSPS) is 19.2. The molecule has 1 unspecified atom stereocenters. The van der Waals surface area contributed by atoms with Crippen LogP contribution in [0.4, 0.5) is 4.39 Å². The molecule has 1 aliphatic heterocycles. The second-order valence-electron chi connectivity index (χ2n) is 12.1. The van der Waals surface area contributed by atoms with Crippen molar-refractivity contribution in [1.82, 2.24) is 36.1 Å². The summed E-state index contributed by atoms with van der Waals surface area (Å²) in [6.07, 6.45) is 0.0251. The standard InChI is InChI=1S/C30H44FN7O9/c1-7-8-18(24(40)21(31)27(43)34-16(6)30(46)47)35-26(42)20-11-17(39)13-38(20)29(45)23(15(4)5)37-28(44)22(14(2)3)36-25(41)19-12-32-9-10-33-19/h9-10,12,14-18,20-23,39H,7-8,11,13H2,1-6H3,(H,34,43)(H,35,42)(H,36,41)(H,37,44)(H,46,47)/t16-,17+,18-,20-,21?,22-,23-/m0/s1. The maximum Gasteiger partial charge on any atom is 0.325 e. The average molecular weight is 666 g/mol. The third-order valence-electron chi connectivity index (χ3n) is 7.57. The minimum Gasteiger partial charge on any atom is -0.480 e. The molecular weight excluding hydrogens is 621 g/mol. The highest BCUT2D eigenvalue weighted by Crippen LogP contribution is 2.22. The fraction of sp³-hybridized carbons (Fsp3) is 0.633. The van der Waals surface area contributed by atoms with Crippen LogP contribution in [0.3, 0.4) is 0 Å². The van der Waals surface area contributed by atoms with Crippen LogP contribution in [0.1, 0.15) is 71.3 Å². The van der Waals surface area contributed by atoms with Crippen molar-refractivity contribution in [2.45, 2.75) is 103 Å². The number of carboxylic acid groups (broad SMARTS) is 1. The van der Waals surface area contributed by atoms with Gasteiger partial charge in [-0.1, -0.05) is 41.0 Å². The number of hydrogen-bond donors (Lipinski definition) is 6. The second kappa shape index (κ2) is 17.4. The molecule has 7 atom stereocenters. The number of aliphatic carboxylic acids is 1. The number of amides is 5. The number of nitrogens with one attached hydrogen (secondary N) is 4. The van der Waals surface area contributed by atoms with E-state index in [1.54, 1.807) is 34.6 Å². The molecule has 2 heterocycles. The van der Waals surface area contributed by atoms with Gasteiger partial charge in [0.15, 0.2) is 5.78 Å². The number of β-amino-alcohol motifs (C(OH)–C–C–N with tert-alkyl or cyclic N) is 1. The Labute approximate surface area is 271 Å². The number of likely N-dealkylation sites (tertiary alicyclic amines) is 1. The number of ketones is 1. The Hall–Kier alpha value is -4.54. The van der Waals surface area contributed by atoms with E-state index in [2.05, 4.69) is 25.9 Å². The maximum atomic E-state index is 14.8. The van der Waals surface area contributed by atoms with Crippen LogP contribution in [0.2, 0.25) is 0 Å². The lowest BCUT2D eigenvalue weighted by Crippen LogP contribution is -2.60. The minimum atomic E-state index is -2.77. The monoisotopic (exact) mass is 665 g/mol. The molecule has 260 valence electrons. The molecule has 1 saturated heterocycles. The maximum absolute atomic E-state index is 14.8. The van der Waals surface area contributed by atoms with Crippen molar-refractivity contribution in [2.75, 3.05) is 6.54 Å². The number of aromatic nitrogens is 2. The molecule has 2 rings (SSSR count). The summed E-state index contributed by atoms with van der Waals surface area (Å²) in [5.41, 5.74) is -0.0169. The van der Waals surface area contributed by atoms with Gasteiger partial charge in [0.2, 0.25) is 23.9 Å². The minimum absolute atomic E-state index is 0.0169. The zero-order chi connectivity index (χ0) is 35.6. The van der Waals surface area contributed by atoms with Crippen LogP contribution < -0.4 is 21.3 Å². The van der Waals surface area contributed by atoms with E-state index in [0.29, 0.717) is 6.42 Å². The molecule has 0 spiro atoms. The Balaban J connectivity index is 2.22. The molecule has 0 aliphatic carbocycles. The van der Waals surface area contributed by atoms with Gasteiger partial charge in [0.05, 0.1) is 18.3 Å². The molecule has 1 aliphatic rings. The van der Waals surface area contributed by atoms with Crippen molar-refractivity contribution in [1.29, 1.82) is 0 Å². The largest absolute Gasteiger partial charge is 0.480 e. The summed E-state index contributed by atoms with van der Waals surface area (Å²) in [6.45, 7) is 9.15. The summed E-state index contributed by atoms with van der Waals surface area (Å²) in [6, 6.07) is -6.53. The third-order valence-corrected chi connectivity index (χ3v) is 7.57. The van der Waals surface area contributed by atoms with Crippen LogP contribution >= 0.6 is 0 Å². The summed E-state index contributed by atoms with van der Waals surface area (Å²) in [5, 5.41) is 28.9. The van der Waals surface area contributed by atoms with Gasteiger partial charge in [-0.25, -0.2) is 9.37 Å². The Morgan fingerprint density at radius 3 is 2.11 bits per heavy atom. The Morgan fingerprint density at radius 2 is 1.57 bits per heavy atom. The van der Waals surface area contributed by atoms with Gasteiger partial charge in [-0.15, -0.1) is 0 Å². The summed E-state index contributed by atoms with van der Waals surface area (Å²) in [4.78, 5) is 98.1. The second-order valence-corrected chi connectivity index (χ2v) is 12.1. The lowest BCUT2D eigenvalue weighted by atomic mass is 9.98. The van der Waals surface area contributed by atoms with Gasteiger partial charge in [-0.05, 0) is 25.2 Å². The number of rotatable bonds is 16. The van der Waals surface area contributed by atoms with E-state index in [0.717, 1.165) is 11.8 Å². The highest BCUT2D eigenvalue weighted by atomic mass is 19.1. The van der Waals surface area contributed by atoms with E-state index in [4.69, 9.17) is 5.11 Å². The molecule has 0 saturated carbocycles. The smallest absolute Gasteiger partial charge is 0.325 e. The van der Waals surface area contributed by atoms with Gasteiger partial charge < -0.3 is 36.4 Å². The highest BCUT2D eigenvalue weighted by molar-refractivity contribution is 6.08. The number of halogens is 1. The van der Waals surface area contributed by atoms with Gasteiger partial charge in [-0.2, -0.15) is 0 Å². The van der Waals surface area contributed by atoms with Crippen LogP contribution in [0, 0.1) is 11.8 Å². The predicted molar refractivity (Wildman–Crippen MR) is 163 cm³/mol. The van der Waals surface area contributed by atoms with Crippen molar-refractivity contribution < 1.29 is 48.2 Å². The Bertz CT molecular complexity index is 1310. The van der Waals surface area contributed by atoms with Crippen LogP contribution in [0.25, 0.3) is 0 Å². The molecule has 1 aromatic rings. The van der Waals surface area contributed by atoms with E-state index < -0.39 is 95.6 Å². The first kappa shape index (κ1) is 38.6. The van der Waals surface area contributed by atoms with E-state index >= 15 is 0 Å². The molecule has 0 radical (unpaired) electrons. The SMILES string of the molecule is CCC[C@H](NC(=O)[C@@H]1C[C@@H](O)CN1C(=O)[C@@H](NC(=O)[C@@H](NC(=O)c1cnccn1)C(C)C)C(C)C)C(=O)C(F)C(=O)N[C@@H](C)C(=O)O. The van der Waals surface area contributed by atoms with Gasteiger partial charge in [0, 0.05) is 25.4 Å². The number of aliphatic hydroxyl groups is 1. The predicted octanol–water partition coefficient (Wildman–Crippen LogP) is -0.885. The molecule has 5 amide bonds. The number of carboxylic acids is 1. The quantitative estimate of drug-likeness (QED) is 0.119. The lowest BCUT2D eigenvalue weighted by molar-refractivity contribution is -0.145. The fourth-order valence-corrected chi connectivity index (χ4v) is 4.90. The number of Topliss-reactive ketones (excluding diaryl/α,β-unsaturated/α-hetero) is 1. The van der Waals surface area contributed by atoms with Crippen LogP contribution in [0.5, 0.6) is 0 Å². The number of aliphatic hydroxyl groups excluding tert-OH is 1. The average Bonchev–Trinajstić information content (AvgIpc) is 3.42. The molecule has 1 fully saturated rings. The zero-order valence-corrected chi connectivity index (χ0v) is 27.2. The van der Waals surface area contributed by atoms with Crippen molar-refractivity contribution in [3.63, 3.8) is 0 Å². The first-order chi connectivity index (χ1) is 22.0. The number of nitrogens with zero attached hydrogens (tertiary/aromatic N) is 3. The number of carbonyl (C=O) groups is 7. The Kier molecular flexibility index (Phi) is 14.3. The third kappa shape index (κ3) is 10.5.